The molecule has 0 spiro atoms. The van der Waals surface area contributed by atoms with Crippen LogP contribution in [0.15, 0.2) is 18.7 Å². The molecule has 6 nitrogen and oxygen atoms in total. The van der Waals surface area contributed by atoms with Crippen LogP contribution in [0.5, 0.6) is 0 Å². The van der Waals surface area contributed by atoms with E-state index in [1.165, 1.54) is 23.3 Å². The molecule has 1 aliphatic heterocycles. The van der Waals surface area contributed by atoms with Gasteiger partial charge in [-0.2, -0.15) is 0 Å². The second-order valence-corrected chi connectivity index (χ2v) is 3.70. The SMILES string of the molecule is O=C1CCC[C@@H](COC(=O)n2ccnc2)N1. The fourth-order valence-electron chi connectivity index (χ4n) is 1.62. The highest BCUT2D eigenvalue weighted by Crippen LogP contribution is 2.08. The first-order chi connectivity index (χ1) is 7.75. The third-order valence-electron chi connectivity index (χ3n) is 2.44. The number of nitrogens with zero attached hydrogens (tertiary/aromatic N) is 2. The Morgan fingerprint density at radius 3 is 3.25 bits per heavy atom. The molecule has 16 heavy (non-hydrogen) atoms. The molecule has 0 aliphatic carbocycles. The summed E-state index contributed by atoms with van der Waals surface area (Å²) in [5, 5.41) is 2.78. The summed E-state index contributed by atoms with van der Waals surface area (Å²) < 4.78 is 6.30. The van der Waals surface area contributed by atoms with E-state index in [4.69, 9.17) is 4.74 Å². The minimum atomic E-state index is -0.475. The minimum absolute atomic E-state index is 0.0231. The number of hydrogen-bond acceptors (Lipinski definition) is 4. The molecule has 1 N–H and O–H groups in total. The fraction of sp³-hybridized carbons (Fsp3) is 0.500. The normalized spacial score (nSPS) is 20.2. The lowest BCUT2D eigenvalue weighted by Crippen LogP contribution is -2.42. The molecule has 0 radical (unpaired) electrons. The summed E-state index contributed by atoms with van der Waals surface area (Å²) in [4.78, 5) is 26.2. The Hall–Kier alpha value is -1.85. The smallest absolute Gasteiger partial charge is 0.419 e. The molecule has 1 aromatic rings. The number of aromatic nitrogens is 2. The third kappa shape index (κ3) is 2.59. The minimum Gasteiger partial charge on any atom is -0.447 e. The van der Waals surface area contributed by atoms with Gasteiger partial charge in [-0.05, 0) is 12.8 Å². The van der Waals surface area contributed by atoms with Gasteiger partial charge in [0.05, 0.1) is 6.04 Å². The van der Waals surface area contributed by atoms with Crippen LogP contribution in [0.1, 0.15) is 19.3 Å². The van der Waals surface area contributed by atoms with Gasteiger partial charge >= 0.3 is 6.09 Å². The van der Waals surface area contributed by atoms with Gasteiger partial charge in [0, 0.05) is 18.8 Å². The quantitative estimate of drug-likeness (QED) is 0.794. The Bertz CT molecular complexity index is 375. The highest BCUT2D eigenvalue weighted by molar-refractivity contribution is 5.77. The molecule has 1 aromatic heterocycles. The Morgan fingerprint density at radius 2 is 2.56 bits per heavy atom. The van der Waals surface area contributed by atoms with Crippen molar-refractivity contribution in [1.29, 1.82) is 0 Å². The van der Waals surface area contributed by atoms with Gasteiger partial charge in [-0.3, -0.25) is 4.79 Å². The van der Waals surface area contributed by atoms with Gasteiger partial charge in [0.2, 0.25) is 5.91 Å². The van der Waals surface area contributed by atoms with Gasteiger partial charge in [-0.1, -0.05) is 0 Å². The number of piperidine rings is 1. The lowest BCUT2D eigenvalue weighted by molar-refractivity contribution is -0.123. The Labute approximate surface area is 92.6 Å². The van der Waals surface area contributed by atoms with Crippen molar-refractivity contribution in [2.75, 3.05) is 6.61 Å². The summed E-state index contributed by atoms with van der Waals surface area (Å²) in [6.45, 7) is 0.211. The third-order valence-corrected chi connectivity index (χ3v) is 2.44. The van der Waals surface area contributed by atoms with Gasteiger partial charge in [-0.15, -0.1) is 0 Å². The van der Waals surface area contributed by atoms with Crippen LogP contribution < -0.4 is 5.32 Å². The van der Waals surface area contributed by atoms with Crippen molar-refractivity contribution in [2.24, 2.45) is 0 Å². The van der Waals surface area contributed by atoms with Crippen molar-refractivity contribution in [1.82, 2.24) is 14.9 Å². The molecule has 86 valence electrons. The second kappa shape index (κ2) is 4.78. The molecular weight excluding hydrogens is 210 g/mol. The van der Waals surface area contributed by atoms with Crippen LogP contribution in [0.25, 0.3) is 0 Å². The van der Waals surface area contributed by atoms with E-state index < -0.39 is 6.09 Å². The maximum absolute atomic E-state index is 11.4. The molecule has 1 amide bonds. The van der Waals surface area contributed by atoms with Gasteiger partial charge in [0.15, 0.2) is 0 Å². The van der Waals surface area contributed by atoms with Crippen molar-refractivity contribution < 1.29 is 14.3 Å². The fourth-order valence-corrected chi connectivity index (χ4v) is 1.62. The summed E-state index contributed by atoms with van der Waals surface area (Å²) in [5.41, 5.74) is 0. The standard InChI is InChI=1S/C10H13N3O3/c14-9-3-1-2-8(12-9)6-16-10(15)13-5-4-11-7-13/h4-5,7-8H,1-3,6H2,(H,12,14)/t8-/m0/s1. The molecule has 1 fully saturated rings. The van der Waals surface area contributed by atoms with Crippen LogP contribution in [-0.2, 0) is 9.53 Å². The van der Waals surface area contributed by atoms with E-state index in [9.17, 15) is 9.59 Å². The highest BCUT2D eigenvalue weighted by atomic mass is 16.5. The number of carbonyl (C=O) groups excluding carboxylic acids is 2. The summed E-state index contributed by atoms with van der Waals surface area (Å²) in [6.07, 6.45) is 6.18. The van der Waals surface area contributed by atoms with Gasteiger partial charge in [-0.25, -0.2) is 14.3 Å². The second-order valence-electron chi connectivity index (χ2n) is 3.70. The van der Waals surface area contributed by atoms with Gasteiger partial charge in [0.25, 0.3) is 0 Å². The first kappa shape index (κ1) is 10.7. The van der Waals surface area contributed by atoms with E-state index in [0.717, 1.165) is 12.8 Å². The Kier molecular flexibility index (Phi) is 3.19. The van der Waals surface area contributed by atoms with E-state index in [2.05, 4.69) is 10.3 Å². The maximum atomic E-state index is 11.4. The van der Waals surface area contributed by atoms with E-state index in [-0.39, 0.29) is 18.6 Å². The zero-order valence-electron chi connectivity index (χ0n) is 8.76. The van der Waals surface area contributed by atoms with E-state index in [1.807, 2.05) is 0 Å². The number of nitrogens with one attached hydrogen (secondary N) is 1. The van der Waals surface area contributed by atoms with E-state index in [1.54, 1.807) is 0 Å². The topological polar surface area (TPSA) is 73.2 Å². The van der Waals surface area contributed by atoms with Crippen molar-refractivity contribution >= 4 is 12.0 Å². The molecule has 0 unspecified atom stereocenters. The number of rotatable bonds is 2. The van der Waals surface area contributed by atoms with Gasteiger partial charge < -0.3 is 10.1 Å². The number of hydrogen-bond donors (Lipinski definition) is 1. The first-order valence-electron chi connectivity index (χ1n) is 5.20. The largest absolute Gasteiger partial charge is 0.447 e. The molecule has 6 heteroatoms. The van der Waals surface area contributed by atoms with Crippen LogP contribution in [0.2, 0.25) is 0 Å². The molecule has 1 atom stereocenters. The van der Waals surface area contributed by atoms with E-state index in [0.29, 0.717) is 6.42 Å². The zero-order valence-corrected chi connectivity index (χ0v) is 8.76. The lowest BCUT2D eigenvalue weighted by Gasteiger charge is -2.22. The molecule has 1 aliphatic rings. The summed E-state index contributed by atoms with van der Waals surface area (Å²) in [7, 11) is 0. The highest BCUT2D eigenvalue weighted by Gasteiger charge is 2.19. The van der Waals surface area contributed by atoms with Crippen LogP contribution in [0, 0.1) is 0 Å². The summed E-state index contributed by atoms with van der Waals surface area (Å²) in [6, 6.07) is -0.0614. The Morgan fingerprint density at radius 1 is 1.69 bits per heavy atom. The maximum Gasteiger partial charge on any atom is 0.419 e. The van der Waals surface area contributed by atoms with Crippen LogP contribution in [-0.4, -0.2) is 34.2 Å². The first-order valence-corrected chi connectivity index (χ1v) is 5.20. The van der Waals surface area contributed by atoms with Crippen LogP contribution in [0.4, 0.5) is 4.79 Å². The van der Waals surface area contributed by atoms with Crippen LogP contribution >= 0.6 is 0 Å². The summed E-state index contributed by atoms with van der Waals surface area (Å²) >= 11 is 0. The zero-order chi connectivity index (χ0) is 11.4. The number of imidazole rings is 1. The number of amides is 1. The molecule has 0 bridgehead atoms. The predicted molar refractivity (Wildman–Crippen MR) is 54.8 cm³/mol. The van der Waals surface area contributed by atoms with Crippen molar-refractivity contribution in [3.8, 4) is 0 Å². The number of ether oxygens (including phenoxy) is 1. The van der Waals surface area contributed by atoms with Crippen LogP contribution in [0.3, 0.4) is 0 Å². The van der Waals surface area contributed by atoms with Crippen molar-refractivity contribution in [2.45, 2.75) is 25.3 Å². The molecular formula is C10H13N3O3. The van der Waals surface area contributed by atoms with Crippen molar-refractivity contribution in [3.63, 3.8) is 0 Å². The average molecular weight is 223 g/mol. The summed E-state index contributed by atoms with van der Waals surface area (Å²) in [5.74, 6) is 0.0231. The monoisotopic (exact) mass is 223 g/mol. The molecule has 0 saturated carbocycles. The predicted octanol–water partition coefficient (Wildman–Crippen LogP) is 0.536. The van der Waals surface area contributed by atoms with Crippen molar-refractivity contribution in [3.05, 3.63) is 18.7 Å². The lowest BCUT2D eigenvalue weighted by atomic mass is 10.1. The Balaban J connectivity index is 1.79. The molecule has 2 heterocycles. The molecule has 2 rings (SSSR count). The van der Waals surface area contributed by atoms with Gasteiger partial charge in [0.1, 0.15) is 12.9 Å². The average Bonchev–Trinajstić information content (AvgIpc) is 2.79. The molecule has 0 aromatic carbocycles. The van der Waals surface area contributed by atoms with E-state index >= 15 is 0 Å². The number of carbonyl (C=O) groups is 2. The molecule has 1 saturated heterocycles.